The fraction of sp³-hybridized carbons (Fsp3) is 0.562. The van der Waals surface area contributed by atoms with Crippen molar-refractivity contribution in [2.24, 2.45) is 5.73 Å². The summed E-state index contributed by atoms with van der Waals surface area (Å²) >= 11 is 0. The molecule has 0 bridgehead atoms. The van der Waals surface area contributed by atoms with E-state index < -0.39 is 0 Å². The summed E-state index contributed by atoms with van der Waals surface area (Å²) in [6.45, 7) is 9.33. The van der Waals surface area contributed by atoms with Gasteiger partial charge in [0.2, 0.25) is 0 Å². The summed E-state index contributed by atoms with van der Waals surface area (Å²) < 4.78 is 13.3. The van der Waals surface area contributed by atoms with Crippen LogP contribution in [0.4, 0.5) is 4.39 Å². The Kier molecular flexibility index (Phi) is 5.31. The van der Waals surface area contributed by atoms with E-state index >= 15 is 0 Å². The maximum absolute atomic E-state index is 13.3. The van der Waals surface area contributed by atoms with Crippen LogP contribution in [0.1, 0.15) is 31.4 Å². The minimum atomic E-state index is -0.342. The number of amidine groups is 1. The van der Waals surface area contributed by atoms with Crippen molar-refractivity contribution in [2.75, 3.05) is 26.2 Å². The van der Waals surface area contributed by atoms with Crippen molar-refractivity contribution in [2.45, 2.75) is 32.9 Å². The zero-order chi connectivity index (χ0) is 15.4. The largest absolute Gasteiger partial charge is 0.384 e. The van der Waals surface area contributed by atoms with Gasteiger partial charge in [0.15, 0.2) is 0 Å². The van der Waals surface area contributed by atoms with Crippen LogP contribution in [0.25, 0.3) is 0 Å². The molecule has 2 rings (SSSR count). The monoisotopic (exact) mass is 292 g/mol. The predicted octanol–water partition coefficient (Wildman–Crippen LogP) is 2.03. The van der Waals surface area contributed by atoms with Crippen molar-refractivity contribution in [3.8, 4) is 0 Å². The average molecular weight is 292 g/mol. The van der Waals surface area contributed by atoms with Crippen molar-refractivity contribution >= 4 is 5.84 Å². The normalized spacial score (nSPS) is 18.6. The lowest BCUT2D eigenvalue weighted by atomic mass is 10.1. The highest BCUT2D eigenvalue weighted by Gasteiger charge is 2.21. The van der Waals surface area contributed by atoms with Crippen LogP contribution < -0.4 is 5.73 Å². The molecule has 3 N–H and O–H groups in total. The number of nitrogens with one attached hydrogen (secondary N) is 1. The minimum absolute atomic E-state index is 0.0669. The molecule has 0 aromatic heterocycles. The summed E-state index contributed by atoms with van der Waals surface area (Å²) in [6, 6.07) is 5.17. The molecule has 21 heavy (non-hydrogen) atoms. The van der Waals surface area contributed by atoms with E-state index in [4.69, 9.17) is 11.1 Å². The first-order chi connectivity index (χ1) is 10.0. The van der Waals surface area contributed by atoms with Gasteiger partial charge in [-0.25, -0.2) is 4.39 Å². The summed E-state index contributed by atoms with van der Waals surface area (Å²) in [5.74, 6) is -0.409. The van der Waals surface area contributed by atoms with E-state index in [0.717, 1.165) is 38.3 Å². The minimum Gasteiger partial charge on any atom is -0.384 e. The molecule has 1 aliphatic heterocycles. The molecule has 0 saturated carbocycles. The zero-order valence-electron chi connectivity index (χ0n) is 12.9. The Balaban J connectivity index is 1.99. The SMILES string of the molecule is CCC(C)N1CCN(Cc2ccc(F)cc2C(=N)N)CC1. The van der Waals surface area contributed by atoms with Crippen molar-refractivity contribution in [1.82, 2.24) is 9.80 Å². The van der Waals surface area contributed by atoms with Gasteiger partial charge in [0.05, 0.1) is 0 Å². The first-order valence-corrected chi connectivity index (χ1v) is 7.60. The summed E-state index contributed by atoms with van der Waals surface area (Å²) in [5.41, 5.74) is 7.00. The molecule has 1 unspecified atom stereocenters. The second kappa shape index (κ2) is 7.00. The molecule has 1 saturated heterocycles. The molecule has 5 heteroatoms. The Morgan fingerprint density at radius 2 is 2.00 bits per heavy atom. The maximum Gasteiger partial charge on any atom is 0.123 e. The van der Waals surface area contributed by atoms with Crippen LogP contribution in [0.3, 0.4) is 0 Å². The van der Waals surface area contributed by atoms with E-state index in [1.807, 2.05) is 0 Å². The summed E-state index contributed by atoms with van der Waals surface area (Å²) in [4.78, 5) is 4.85. The van der Waals surface area contributed by atoms with Gasteiger partial charge >= 0.3 is 0 Å². The van der Waals surface area contributed by atoms with E-state index in [0.29, 0.717) is 11.6 Å². The summed E-state index contributed by atoms with van der Waals surface area (Å²) in [7, 11) is 0. The molecule has 0 spiro atoms. The lowest BCUT2D eigenvalue weighted by Crippen LogP contribution is -2.49. The van der Waals surface area contributed by atoms with Gasteiger partial charge in [-0.05, 0) is 31.0 Å². The summed E-state index contributed by atoms with van der Waals surface area (Å²) in [5, 5.41) is 7.59. The zero-order valence-corrected chi connectivity index (χ0v) is 12.9. The van der Waals surface area contributed by atoms with Crippen molar-refractivity contribution in [1.29, 1.82) is 5.41 Å². The van der Waals surface area contributed by atoms with Crippen LogP contribution in [0.2, 0.25) is 0 Å². The van der Waals surface area contributed by atoms with E-state index in [1.54, 1.807) is 6.07 Å². The van der Waals surface area contributed by atoms with Crippen LogP contribution in [-0.4, -0.2) is 47.9 Å². The molecular formula is C16H25FN4. The third kappa shape index (κ3) is 4.02. The summed E-state index contributed by atoms with van der Waals surface area (Å²) in [6.07, 6.45) is 1.17. The second-order valence-electron chi connectivity index (χ2n) is 5.78. The number of piperazine rings is 1. The number of halogens is 1. The Hall–Kier alpha value is -1.46. The number of hydrogen-bond donors (Lipinski definition) is 2. The standard InChI is InChI=1S/C16H25FN4/c1-3-12(2)21-8-6-20(7-9-21)11-13-4-5-14(17)10-15(13)16(18)19/h4-5,10,12H,3,6-9,11H2,1-2H3,(H3,18,19). The van der Waals surface area contributed by atoms with Crippen LogP contribution >= 0.6 is 0 Å². The fourth-order valence-electron chi connectivity index (χ4n) is 2.80. The van der Waals surface area contributed by atoms with Crippen LogP contribution in [-0.2, 0) is 6.54 Å². The van der Waals surface area contributed by atoms with Gasteiger partial charge in [-0.3, -0.25) is 15.2 Å². The van der Waals surface area contributed by atoms with Gasteiger partial charge in [0.1, 0.15) is 11.7 Å². The number of nitrogens with zero attached hydrogens (tertiary/aromatic N) is 2. The van der Waals surface area contributed by atoms with E-state index in [2.05, 4.69) is 23.6 Å². The van der Waals surface area contributed by atoms with E-state index in [9.17, 15) is 4.39 Å². The van der Waals surface area contributed by atoms with Crippen LogP contribution in [0.5, 0.6) is 0 Å². The number of nitrogen functional groups attached to an aromatic ring is 1. The van der Waals surface area contributed by atoms with Gasteiger partial charge in [-0.1, -0.05) is 13.0 Å². The molecule has 1 fully saturated rings. The molecule has 1 heterocycles. The van der Waals surface area contributed by atoms with Crippen molar-refractivity contribution < 1.29 is 4.39 Å². The maximum atomic E-state index is 13.3. The third-order valence-electron chi connectivity index (χ3n) is 4.38. The molecule has 1 atom stereocenters. The van der Waals surface area contributed by atoms with E-state index in [-0.39, 0.29) is 11.7 Å². The Morgan fingerprint density at radius 3 is 2.57 bits per heavy atom. The molecular weight excluding hydrogens is 267 g/mol. The molecule has 1 aromatic rings. The topological polar surface area (TPSA) is 56.4 Å². The molecule has 0 radical (unpaired) electrons. The molecule has 0 amide bonds. The third-order valence-corrected chi connectivity index (χ3v) is 4.38. The van der Waals surface area contributed by atoms with Gasteiger partial charge in [0, 0.05) is 44.3 Å². The molecule has 0 aliphatic carbocycles. The van der Waals surface area contributed by atoms with Crippen molar-refractivity contribution in [3.63, 3.8) is 0 Å². The number of benzene rings is 1. The van der Waals surface area contributed by atoms with Gasteiger partial charge in [-0.15, -0.1) is 0 Å². The fourth-order valence-corrected chi connectivity index (χ4v) is 2.80. The lowest BCUT2D eigenvalue weighted by Gasteiger charge is -2.38. The van der Waals surface area contributed by atoms with Crippen LogP contribution in [0, 0.1) is 11.2 Å². The smallest absolute Gasteiger partial charge is 0.123 e. The predicted molar refractivity (Wildman–Crippen MR) is 84.0 cm³/mol. The van der Waals surface area contributed by atoms with Crippen LogP contribution in [0.15, 0.2) is 18.2 Å². The molecule has 1 aromatic carbocycles. The second-order valence-corrected chi connectivity index (χ2v) is 5.78. The quantitative estimate of drug-likeness (QED) is 0.645. The first kappa shape index (κ1) is 15.9. The first-order valence-electron chi connectivity index (χ1n) is 7.60. The highest BCUT2D eigenvalue weighted by atomic mass is 19.1. The molecule has 116 valence electrons. The lowest BCUT2D eigenvalue weighted by molar-refractivity contribution is 0.0963. The Bertz CT molecular complexity index is 495. The average Bonchev–Trinajstić information content (AvgIpc) is 2.49. The Morgan fingerprint density at radius 1 is 1.33 bits per heavy atom. The highest BCUT2D eigenvalue weighted by molar-refractivity contribution is 5.96. The highest BCUT2D eigenvalue weighted by Crippen LogP contribution is 2.16. The number of rotatable bonds is 5. The van der Waals surface area contributed by atoms with Gasteiger partial charge in [0.25, 0.3) is 0 Å². The number of hydrogen-bond acceptors (Lipinski definition) is 3. The van der Waals surface area contributed by atoms with Crippen molar-refractivity contribution in [3.05, 3.63) is 35.1 Å². The van der Waals surface area contributed by atoms with Gasteiger partial charge < -0.3 is 5.73 Å². The molecule has 1 aliphatic rings. The number of nitrogens with two attached hydrogens (primary N) is 1. The Labute approximate surface area is 126 Å². The van der Waals surface area contributed by atoms with E-state index in [1.165, 1.54) is 18.6 Å². The van der Waals surface area contributed by atoms with Gasteiger partial charge in [-0.2, -0.15) is 0 Å². The molecule has 4 nitrogen and oxygen atoms in total.